The van der Waals surface area contributed by atoms with E-state index in [-0.39, 0.29) is 0 Å². The zero-order valence-corrected chi connectivity index (χ0v) is 20.2. The topological polar surface area (TPSA) is 0 Å². The summed E-state index contributed by atoms with van der Waals surface area (Å²) in [5.41, 5.74) is 7.18. The molecule has 0 radical (unpaired) electrons. The van der Waals surface area contributed by atoms with E-state index in [1.807, 2.05) is 0 Å². The van der Waals surface area contributed by atoms with Crippen molar-refractivity contribution in [2.45, 2.75) is 78.6 Å². The van der Waals surface area contributed by atoms with Crippen LogP contribution in [0.1, 0.15) is 76.0 Å². The van der Waals surface area contributed by atoms with Crippen molar-refractivity contribution in [2.24, 2.45) is 0 Å². The molecule has 0 aliphatic heterocycles. The summed E-state index contributed by atoms with van der Waals surface area (Å²) in [4.78, 5) is 0. The number of benzene rings is 4. The Morgan fingerprint density at radius 2 is 1.00 bits per heavy atom. The number of rotatable bonds is 10. The average Bonchev–Trinajstić information content (AvgIpc) is 2.83. The van der Waals surface area contributed by atoms with Crippen LogP contribution in [0.3, 0.4) is 0 Å². The number of unbranched alkanes of at least 4 members (excludes halogenated alkanes) is 3. The summed E-state index contributed by atoms with van der Waals surface area (Å²) in [5.74, 6) is 0. The molecule has 166 valence electrons. The molecule has 4 aromatic rings. The summed E-state index contributed by atoms with van der Waals surface area (Å²) in [6.07, 6.45) is 11.0. The van der Waals surface area contributed by atoms with Crippen molar-refractivity contribution >= 4 is 21.5 Å². The SMILES string of the molecule is CCCCc1cccc(-c2c3cc(CCCC)ccc3cc3ccc(CCCC)cc23)c1. The van der Waals surface area contributed by atoms with E-state index in [0.717, 1.165) is 19.3 Å². The third kappa shape index (κ3) is 5.07. The Morgan fingerprint density at radius 1 is 0.500 bits per heavy atom. The van der Waals surface area contributed by atoms with Crippen LogP contribution in [-0.2, 0) is 19.3 Å². The predicted molar refractivity (Wildman–Crippen MR) is 143 cm³/mol. The van der Waals surface area contributed by atoms with Gasteiger partial charge in [-0.1, -0.05) is 101 Å². The van der Waals surface area contributed by atoms with Crippen LogP contribution in [0.5, 0.6) is 0 Å². The quantitative estimate of drug-likeness (QED) is 0.223. The first-order valence-corrected chi connectivity index (χ1v) is 12.8. The summed E-state index contributed by atoms with van der Waals surface area (Å²) in [5, 5.41) is 5.53. The summed E-state index contributed by atoms with van der Waals surface area (Å²) < 4.78 is 0. The third-order valence-corrected chi connectivity index (χ3v) is 6.76. The number of hydrogen-bond acceptors (Lipinski definition) is 0. The van der Waals surface area contributed by atoms with Gasteiger partial charge in [-0.25, -0.2) is 0 Å². The van der Waals surface area contributed by atoms with Gasteiger partial charge < -0.3 is 0 Å². The lowest BCUT2D eigenvalue weighted by atomic mass is 9.88. The van der Waals surface area contributed by atoms with Crippen LogP contribution in [-0.4, -0.2) is 0 Å². The van der Waals surface area contributed by atoms with Crippen molar-refractivity contribution < 1.29 is 0 Å². The van der Waals surface area contributed by atoms with Gasteiger partial charge in [-0.15, -0.1) is 0 Å². The molecule has 32 heavy (non-hydrogen) atoms. The van der Waals surface area contributed by atoms with Crippen molar-refractivity contribution in [1.29, 1.82) is 0 Å². The minimum Gasteiger partial charge on any atom is -0.0654 e. The Hall–Kier alpha value is -2.60. The van der Waals surface area contributed by atoms with Gasteiger partial charge in [0, 0.05) is 0 Å². The van der Waals surface area contributed by atoms with Crippen LogP contribution in [0.15, 0.2) is 66.7 Å². The molecule has 0 saturated carbocycles. The molecule has 0 N–H and O–H groups in total. The van der Waals surface area contributed by atoms with E-state index in [2.05, 4.69) is 87.5 Å². The minimum absolute atomic E-state index is 1.16. The van der Waals surface area contributed by atoms with E-state index in [9.17, 15) is 0 Å². The van der Waals surface area contributed by atoms with Crippen LogP contribution in [0.4, 0.5) is 0 Å². The summed E-state index contributed by atoms with van der Waals surface area (Å²) in [6, 6.07) is 26.0. The fourth-order valence-corrected chi connectivity index (χ4v) is 4.85. The van der Waals surface area contributed by atoms with E-state index in [1.54, 1.807) is 0 Å². The molecule has 0 aliphatic rings. The van der Waals surface area contributed by atoms with E-state index < -0.39 is 0 Å². The standard InChI is InChI=1S/C32H38/c1-4-7-11-24-14-10-15-29(20-24)32-30-21-25(12-8-5-2)16-18-27(30)23-28-19-17-26(13-9-6-3)22-31(28)32/h10,14-23H,4-9,11-13H2,1-3H3. The lowest BCUT2D eigenvalue weighted by molar-refractivity contribution is 0.795. The smallest absolute Gasteiger partial charge is 0.00265 e. The van der Waals surface area contributed by atoms with Crippen LogP contribution in [0.25, 0.3) is 32.7 Å². The Morgan fingerprint density at radius 3 is 1.50 bits per heavy atom. The lowest BCUT2D eigenvalue weighted by Crippen LogP contribution is -1.92. The van der Waals surface area contributed by atoms with Crippen molar-refractivity contribution in [3.8, 4) is 11.1 Å². The van der Waals surface area contributed by atoms with Gasteiger partial charge in [0.2, 0.25) is 0 Å². The molecule has 0 saturated heterocycles. The van der Waals surface area contributed by atoms with Gasteiger partial charge in [-0.3, -0.25) is 0 Å². The van der Waals surface area contributed by atoms with Crippen LogP contribution >= 0.6 is 0 Å². The predicted octanol–water partition coefficient (Wildman–Crippen LogP) is 9.69. The Balaban J connectivity index is 1.94. The zero-order valence-electron chi connectivity index (χ0n) is 20.2. The van der Waals surface area contributed by atoms with Crippen LogP contribution in [0, 0.1) is 0 Å². The Kier molecular flexibility index (Phi) is 7.63. The number of hydrogen-bond donors (Lipinski definition) is 0. The second kappa shape index (κ2) is 10.8. The average molecular weight is 423 g/mol. The van der Waals surface area contributed by atoms with Crippen LogP contribution < -0.4 is 0 Å². The number of fused-ring (bicyclic) bond motifs is 2. The van der Waals surface area contributed by atoms with Crippen molar-refractivity contribution in [2.75, 3.05) is 0 Å². The molecule has 4 rings (SSSR count). The monoisotopic (exact) mass is 422 g/mol. The van der Waals surface area contributed by atoms with Crippen molar-refractivity contribution in [3.63, 3.8) is 0 Å². The van der Waals surface area contributed by atoms with E-state index >= 15 is 0 Å². The Labute approximate surface area is 194 Å². The highest BCUT2D eigenvalue weighted by Crippen LogP contribution is 2.38. The maximum Gasteiger partial charge on any atom is -0.00265 e. The fourth-order valence-electron chi connectivity index (χ4n) is 4.85. The molecule has 0 atom stereocenters. The molecule has 0 unspecified atom stereocenters. The second-order valence-electron chi connectivity index (χ2n) is 9.37. The van der Waals surface area contributed by atoms with Gasteiger partial charge in [0.25, 0.3) is 0 Å². The Bertz CT molecular complexity index is 1120. The summed E-state index contributed by atoms with van der Waals surface area (Å²) >= 11 is 0. The molecule has 0 aliphatic carbocycles. The molecular weight excluding hydrogens is 384 g/mol. The van der Waals surface area contributed by atoms with Gasteiger partial charge in [0.05, 0.1) is 0 Å². The highest BCUT2D eigenvalue weighted by molar-refractivity contribution is 6.13. The van der Waals surface area contributed by atoms with Gasteiger partial charge >= 0.3 is 0 Å². The third-order valence-electron chi connectivity index (χ3n) is 6.76. The maximum absolute atomic E-state index is 2.47. The second-order valence-corrected chi connectivity index (χ2v) is 9.37. The molecule has 0 spiro atoms. The zero-order chi connectivity index (χ0) is 22.3. The number of aryl methyl sites for hydroxylation is 3. The molecule has 0 heterocycles. The van der Waals surface area contributed by atoms with Crippen molar-refractivity contribution in [3.05, 3.63) is 83.4 Å². The van der Waals surface area contributed by atoms with Crippen LogP contribution in [0.2, 0.25) is 0 Å². The fraction of sp³-hybridized carbons (Fsp3) is 0.375. The van der Waals surface area contributed by atoms with E-state index in [0.29, 0.717) is 0 Å². The molecular formula is C32H38. The van der Waals surface area contributed by atoms with Gasteiger partial charge in [-0.05, 0) is 94.0 Å². The molecule has 0 amide bonds. The van der Waals surface area contributed by atoms with E-state index in [1.165, 1.54) is 87.9 Å². The van der Waals surface area contributed by atoms with Gasteiger partial charge in [0.1, 0.15) is 0 Å². The normalized spacial score (nSPS) is 11.5. The molecule has 4 aromatic carbocycles. The lowest BCUT2D eigenvalue weighted by Gasteiger charge is -2.16. The van der Waals surface area contributed by atoms with Gasteiger partial charge in [-0.2, -0.15) is 0 Å². The first-order chi connectivity index (χ1) is 15.7. The molecule has 0 heteroatoms. The maximum atomic E-state index is 2.47. The summed E-state index contributed by atoms with van der Waals surface area (Å²) in [7, 11) is 0. The van der Waals surface area contributed by atoms with Crippen molar-refractivity contribution in [1.82, 2.24) is 0 Å². The molecule has 0 aromatic heterocycles. The van der Waals surface area contributed by atoms with E-state index in [4.69, 9.17) is 0 Å². The molecule has 0 nitrogen and oxygen atoms in total. The first-order valence-electron chi connectivity index (χ1n) is 12.8. The highest BCUT2D eigenvalue weighted by Gasteiger charge is 2.12. The largest absolute Gasteiger partial charge is 0.0654 e. The molecule has 0 bridgehead atoms. The first kappa shape index (κ1) is 22.6. The minimum atomic E-state index is 1.16. The summed E-state index contributed by atoms with van der Waals surface area (Å²) in [6.45, 7) is 6.83. The highest BCUT2D eigenvalue weighted by atomic mass is 14.2. The molecule has 0 fully saturated rings. The van der Waals surface area contributed by atoms with Gasteiger partial charge in [0.15, 0.2) is 0 Å².